The summed E-state index contributed by atoms with van der Waals surface area (Å²) in [6, 6.07) is 0. The molecule has 1 saturated heterocycles. The molecule has 2 nitrogen and oxygen atoms in total. The molecule has 4 bridgehead atoms. The molecule has 0 atom stereocenters. The Kier molecular flexibility index (Phi) is 3.63. The smallest absolute Gasteiger partial charge is 0.0388 e. The third kappa shape index (κ3) is 2.30. The summed E-state index contributed by atoms with van der Waals surface area (Å²) in [4.78, 5) is 2.88. The van der Waals surface area contributed by atoms with Crippen LogP contribution in [0.3, 0.4) is 0 Å². The van der Waals surface area contributed by atoms with Gasteiger partial charge in [0, 0.05) is 35.7 Å². The molecule has 4 saturated carbocycles. The molecule has 0 radical (unpaired) electrons. The van der Waals surface area contributed by atoms with E-state index >= 15 is 0 Å². The molecule has 5 fully saturated rings. The standard InChI is InChI=1S/C18H32N2S/c1-17(2)3-4-20(5-6-21-17)18(12-19)15-8-13-7-14(10-15)11-16(18)9-13/h13-16H,3-12,19H2,1-2H3. The first-order valence-electron chi connectivity index (χ1n) is 9.12. The first-order chi connectivity index (χ1) is 10.0. The van der Waals surface area contributed by atoms with Gasteiger partial charge in [-0.3, -0.25) is 4.90 Å². The van der Waals surface area contributed by atoms with E-state index in [2.05, 4.69) is 30.5 Å². The Bertz CT molecular complexity index is 378. The van der Waals surface area contributed by atoms with Crippen LogP contribution in [0.25, 0.3) is 0 Å². The van der Waals surface area contributed by atoms with E-state index in [-0.39, 0.29) is 0 Å². The van der Waals surface area contributed by atoms with Gasteiger partial charge in [-0.15, -0.1) is 0 Å². The molecule has 5 aliphatic rings. The molecule has 21 heavy (non-hydrogen) atoms. The first kappa shape index (κ1) is 14.8. The Hall–Kier alpha value is 0.270. The van der Waals surface area contributed by atoms with Gasteiger partial charge in [-0.2, -0.15) is 11.8 Å². The van der Waals surface area contributed by atoms with Crippen molar-refractivity contribution in [3.05, 3.63) is 0 Å². The molecular formula is C18H32N2S. The molecule has 1 heterocycles. The van der Waals surface area contributed by atoms with Gasteiger partial charge in [0.1, 0.15) is 0 Å². The monoisotopic (exact) mass is 308 g/mol. The van der Waals surface area contributed by atoms with Crippen LogP contribution in [0.2, 0.25) is 0 Å². The lowest BCUT2D eigenvalue weighted by Gasteiger charge is -2.64. The van der Waals surface area contributed by atoms with Crippen LogP contribution in [0.1, 0.15) is 52.4 Å². The molecular weight excluding hydrogens is 276 g/mol. The highest BCUT2D eigenvalue weighted by Gasteiger charge is 2.58. The summed E-state index contributed by atoms with van der Waals surface area (Å²) in [6.07, 6.45) is 8.80. The van der Waals surface area contributed by atoms with Gasteiger partial charge in [0.15, 0.2) is 0 Å². The number of rotatable bonds is 2. The second-order valence-corrected chi connectivity index (χ2v) is 10.6. The molecule has 3 heteroatoms. The minimum Gasteiger partial charge on any atom is -0.329 e. The fourth-order valence-electron chi connectivity index (χ4n) is 6.42. The van der Waals surface area contributed by atoms with E-state index in [1.165, 1.54) is 57.4 Å². The van der Waals surface area contributed by atoms with Crippen molar-refractivity contribution in [1.29, 1.82) is 0 Å². The zero-order chi connectivity index (χ0) is 14.7. The predicted octanol–water partition coefficient (Wildman–Crippen LogP) is 3.36. The number of hydrogen-bond donors (Lipinski definition) is 1. The van der Waals surface area contributed by atoms with Gasteiger partial charge in [-0.1, -0.05) is 13.8 Å². The summed E-state index contributed by atoms with van der Waals surface area (Å²) in [7, 11) is 0. The molecule has 1 aliphatic heterocycles. The molecule has 5 rings (SSSR count). The van der Waals surface area contributed by atoms with E-state index in [9.17, 15) is 0 Å². The first-order valence-corrected chi connectivity index (χ1v) is 10.1. The molecule has 0 spiro atoms. The Morgan fingerprint density at radius 1 is 1.00 bits per heavy atom. The fraction of sp³-hybridized carbons (Fsp3) is 1.00. The molecule has 120 valence electrons. The quantitative estimate of drug-likeness (QED) is 0.848. The minimum atomic E-state index is 0.369. The van der Waals surface area contributed by atoms with Crippen molar-refractivity contribution >= 4 is 11.8 Å². The van der Waals surface area contributed by atoms with Crippen molar-refractivity contribution in [2.24, 2.45) is 29.4 Å². The van der Waals surface area contributed by atoms with Crippen LogP contribution in [0.5, 0.6) is 0 Å². The van der Waals surface area contributed by atoms with Crippen molar-refractivity contribution < 1.29 is 0 Å². The van der Waals surface area contributed by atoms with Crippen molar-refractivity contribution in [2.45, 2.75) is 62.7 Å². The lowest BCUT2D eigenvalue weighted by Crippen LogP contribution is -2.69. The Balaban J connectivity index is 1.61. The van der Waals surface area contributed by atoms with Crippen LogP contribution in [0.4, 0.5) is 0 Å². The zero-order valence-electron chi connectivity index (χ0n) is 13.8. The van der Waals surface area contributed by atoms with Crippen molar-refractivity contribution in [3.8, 4) is 0 Å². The average molecular weight is 309 g/mol. The highest BCUT2D eigenvalue weighted by molar-refractivity contribution is 8.00. The summed E-state index contributed by atoms with van der Waals surface area (Å²) in [5.41, 5.74) is 6.86. The average Bonchev–Trinajstić information content (AvgIpc) is 2.60. The maximum atomic E-state index is 6.49. The minimum absolute atomic E-state index is 0.369. The summed E-state index contributed by atoms with van der Waals surface area (Å²) >= 11 is 2.17. The Morgan fingerprint density at radius 3 is 2.19 bits per heavy atom. The molecule has 4 aliphatic carbocycles. The lowest BCUT2D eigenvalue weighted by atomic mass is 9.48. The number of hydrogen-bond acceptors (Lipinski definition) is 3. The molecule has 0 aromatic carbocycles. The van der Waals surface area contributed by atoms with Crippen LogP contribution in [0.15, 0.2) is 0 Å². The van der Waals surface area contributed by atoms with Gasteiger partial charge >= 0.3 is 0 Å². The van der Waals surface area contributed by atoms with Crippen LogP contribution in [-0.4, -0.2) is 40.6 Å². The molecule has 0 aromatic rings. The van der Waals surface area contributed by atoms with Gasteiger partial charge in [0.05, 0.1) is 0 Å². The predicted molar refractivity (Wildman–Crippen MR) is 91.6 cm³/mol. The van der Waals surface area contributed by atoms with E-state index in [1.54, 1.807) is 0 Å². The SMILES string of the molecule is CC1(C)CCN(C2(CN)C3CC4CC(C3)CC2C4)CCS1. The largest absolute Gasteiger partial charge is 0.329 e. The van der Waals surface area contributed by atoms with Crippen LogP contribution >= 0.6 is 11.8 Å². The molecule has 0 amide bonds. The van der Waals surface area contributed by atoms with Gasteiger partial charge in [-0.25, -0.2) is 0 Å². The van der Waals surface area contributed by atoms with Gasteiger partial charge in [0.2, 0.25) is 0 Å². The van der Waals surface area contributed by atoms with Crippen molar-refractivity contribution in [2.75, 3.05) is 25.4 Å². The zero-order valence-corrected chi connectivity index (χ0v) is 14.6. The third-order valence-corrected chi connectivity index (χ3v) is 8.68. The van der Waals surface area contributed by atoms with Crippen LogP contribution in [0, 0.1) is 23.7 Å². The number of nitrogens with two attached hydrogens (primary N) is 1. The van der Waals surface area contributed by atoms with Gasteiger partial charge in [0.25, 0.3) is 0 Å². The third-order valence-electron chi connectivity index (χ3n) is 7.31. The molecule has 0 aromatic heterocycles. The summed E-state index contributed by atoms with van der Waals surface area (Å²) in [6.45, 7) is 8.31. The molecule has 2 N–H and O–H groups in total. The highest BCUT2D eigenvalue weighted by atomic mass is 32.2. The molecule has 0 unspecified atom stereocenters. The summed E-state index contributed by atoms with van der Waals surface area (Å²) in [5, 5.41) is 0. The lowest BCUT2D eigenvalue weighted by molar-refractivity contribution is -0.129. The normalized spacial score (nSPS) is 49.3. The topological polar surface area (TPSA) is 29.3 Å². The maximum Gasteiger partial charge on any atom is 0.0388 e. The van der Waals surface area contributed by atoms with E-state index in [1.807, 2.05) is 0 Å². The Morgan fingerprint density at radius 2 is 1.62 bits per heavy atom. The van der Waals surface area contributed by atoms with Gasteiger partial charge in [-0.05, 0) is 62.2 Å². The van der Waals surface area contributed by atoms with Crippen LogP contribution < -0.4 is 5.73 Å². The number of thioether (sulfide) groups is 1. The Labute approximate surface area is 134 Å². The van der Waals surface area contributed by atoms with E-state index in [0.717, 1.165) is 30.2 Å². The van der Waals surface area contributed by atoms with Gasteiger partial charge < -0.3 is 5.73 Å². The maximum absolute atomic E-state index is 6.49. The van der Waals surface area contributed by atoms with Crippen molar-refractivity contribution in [1.82, 2.24) is 4.90 Å². The fourth-order valence-corrected chi connectivity index (χ4v) is 7.52. The van der Waals surface area contributed by atoms with Crippen molar-refractivity contribution in [3.63, 3.8) is 0 Å². The van der Waals surface area contributed by atoms with Crippen LogP contribution in [-0.2, 0) is 0 Å². The van der Waals surface area contributed by atoms with E-state index in [0.29, 0.717) is 10.3 Å². The summed E-state index contributed by atoms with van der Waals surface area (Å²) < 4.78 is 0.455. The second kappa shape index (κ2) is 5.14. The highest BCUT2D eigenvalue weighted by Crippen LogP contribution is 2.60. The number of nitrogens with zero attached hydrogens (tertiary/aromatic N) is 1. The second-order valence-electron chi connectivity index (χ2n) is 8.84. The van der Waals surface area contributed by atoms with E-state index in [4.69, 9.17) is 5.73 Å². The summed E-state index contributed by atoms with van der Waals surface area (Å²) in [5.74, 6) is 5.20. The van der Waals surface area contributed by atoms with E-state index < -0.39 is 0 Å².